The summed E-state index contributed by atoms with van der Waals surface area (Å²) < 4.78 is 0. The minimum Gasteiger partial charge on any atom is -0.264 e. The van der Waals surface area contributed by atoms with Gasteiger partial charge >= 0.3 is 0 Å². The summed E-state index contributed by atoms with van der Waals surface area (Å²) in [6.07, 6.45) is 17.9. The molecular formula is C24H30ClN. The third-order valence-corrected chi connectivity index (χ3v) is 8.97. The van der Waals surface area contributed by atoms with Crippen molar-refractivity contribution in [2.24, 2.45) is 28.6 Å². The molecule has 1 nitrogen and oxygen atoms in total. The van der Waals surface area contributed by atoms with Crippen LogP contribution in [0.4, 0.5) is 0 Å². The molecule has 0 saturated heterocycles. The maximum Gasteiger partial charge on any atom is 0.0373 e. The Kier molecular flexibility index (Phi) is 3.91. The molecule has 2 heteroatoms. The number of aromatic nitrogens is 1. The summed E-state index contributed by atoms with van der Waals surface area (Å²) in [4.78, 5) is 4.39. The first kappa shape index (κ1) is 17.0. The fourth-order valence-electron chi connectivity index (χ4n) is 7.15. The van der Waals surface area contributed by atoms with Gasteiger partial charge in [-0.15, -0.1) is 11.6 Å². The summed E-state index contributed by atoms with van der Waals surface area (Å²) in [6.45, 7) is 5.10. The fraction of sp³-hybridized carbons (Fsp3) is 0.625. The summed E-state index contributed by atoms with van der Waals surface area (Å²) in [5.74, 6) is 2.48. The first-order chi connectivity index (χ1) is 12.5. The second-order valence-corrected chi connectivity index (χ2v) is 10.3. The third kappa shape index (κ3) is 2.32. The average Bonchev–Trinajstić information content (AvgIpc) is 3.00. The molecule has 1 unspecified atom stereocenters. The minimum atomic E-state index is 0.329. The number of allylic oxidation sites excluding steroid dienone is 4. The van der Waals surface area contributed by atoms with Crippen LogP contribution in [0.2, 0.25) is 0 Å². The van der Waals surface area contributed by atoms with Crippen molar-refractivity contribution in [3.8, 4) is 0 Å². The van der Waals surface area contributed by atoms with Crippen LogP contribution in [0.25, 0.3) is 5.57 Å². The Hall–Kier alpha value is -1.08. The maximum absolute atomic E-state index is 6.52. The van der Waals surface area contributed by atoms with Crippen molar-refractivity contribution < 1.29 is 0 Å². The van der Waals surface area contributed by atoms with Crippen molar-refractivity contribution in [2.75, 3.05) is 0 Å². The van der Waals surface area contributed by atoms with Gasteiger partial charge in [-0.2, -0.15) is 0 Å². The molecule has 6 atom stereocenters. The third-order valence-electron chi connectivity index (χ3n) is 8.60. The molecular weight excluding hydrogens is 338 g/mol. The van der Waals surface area contributed by atoms with Gasteiger partial charge in [0.05, 0.1) is 0 Å². The number of pyridine rings is 1. The van der Waals surface area contributed by atoms with Crippen LogP contribution in [0.3, 0.4) is 0 Å². The van der Waals surface area contributed by atoms with E-state index in [1.165, 1.54) is 44.1 Å². The van der Waals surface area contributed by atoms with Gasteiger partial charge in [0.15, 0.2) is 0 Å². The van der Waals surface area contributed by atoms with Gasteiger partial charge in [-0.25, -0.2) is 0 Å². The molecule has 26 heavy (non-hydrogen) atoms. The fourth-order valence-corrected chi connectivity index (χ4v) is 7.43. The molecule has 0 radical (unpaired) electrons. The second-order valence-electron chi connectivity index (χ2n) is 9.65. The van der Waals surface area contributed by atoms with Crippen molar-refractivity contribution in [1.29, 1.82) is 0 Å². The smallest absolute Gasteiger partial charge is 0.0373 e. The molecule has 4 aliphatic carbocycles. The van der Waals surface area contributed by atoms with Crippen LogP contribution in [-0.2, 0) is 0 Å². The zero-order valence-corrected chi connectivity index (χ0v) is 16.8. The summed E-state index contributed by atoms with van der Waals surface area (Å²) in [6, 6.07) is 4.33. The van der Waals surface area contributed by atoms with E-state index in [1.54, 1.807) is 11.1 Å². The van der Waals surface area contributed by atoms with Gasteiger partial charge in [-0.1, -0.05) is 37.6 Å². The number of hydrogen-bond acceptors (Lipinski definition) is 1. The predicted molar refractivity (Wildman–Crippen MR) is 109 cm³/mol. The number of nitrogens with zero attached hydrogens (tertiary/aromatic N) is 1. The summed E-state index contributed by atoms with van der Waals surface area (Å²) in [5, 5.41) is 0.366. The number of hydrogen-bond donors (Lipinski definition) is 0. The van der Waals surface area contributed by atoms with E-state index in [0.717, 1.165) is 24.2 Å². The van der Waals surface area contributed by atoms with Gasteiger partial charge in [-0.05, 0) is 90.7 Å². The summed E-state index contributed by atoms with van der Waals surface area (Å²) >= 11 is 6.52. The van der Waals surface area contributed by atoms with Gasteiger partial charge in [0.2, 0.25) is 0 Å². The molecule has 0 amide bonds. The standard InChI is InChI=1S/C24H30ClN/c1-23-11-9-18(25)14-17(23)5-6-19-21-8-7-20(16-4-3-13-26-15-16)24(21,2)12-10-22(19)23/h3-5,7,13,15,18-19,21-22H,6,8-12,14H2,1-2H3/t18?,19-,21-,22-,23-,24+/m0/s1. The Morgan fingerprint density at radius 1 is 1.04 bits per heavy atom. The molecule has 2 saturated carbocycles. The molecule has 0 aromatic carbocycles. The van der Waals surface area contributed by atoms with Crippen molar-refractivity contribution in [3.05, 3.63) is 47.8 Å². The zero-order valence-electron chi connectivity index (χ0n) is 16.0. The van der Waals surface area contributed by atoms with Crippen LogP contribution >= 0.6 is 11.6 Å². The van der Waals surface area contributed by atoms with Gasteiger partial charge in [-0.3, -0.25) is 4.98 Å². The van der Waals surface area contributed by atoms with E-state index < -0.39 is 0 Å². The molecule has 138 valence electrons. The lowest BCUT2D eigenvalue weighted by molar-refractivity contribution is -0.00948. The van der Waals surface area contributed by atoms with Crippen LogP contribution in [0.1, 0.15) is 64.4 Å². The molecule has 0 spiro atoms. The average molecular weight is 368 g/mol. The van der Waals surface area contributed by atoms with E-state index in [1.807, 2.05) is 6.20 Å². The Balaban J connectivity index is 1.48. The van der Waals surface area contributed by atoms with Crippen molar-refractivity contribution in [1.82, 2.24) is 4.98 Å². The predicted octanol–water partition coefficient (Wildman–Crippen LogP) is 6.65. The molecule has 5 rings (SSSR count). The highest BCUT2D eigenvalue weighted by molar-refractivity contribution is 6.20. The Bertz CT molecular complexity index is 766. The molecule has 1 aromatic heterocycles. The van der Waals surface area contributed by atoms with Crippen molar-refractivity contribution >= 4 is 17.2 Å². The van der Waals surface area contributed by atoms with E-state index >= 15 is 0 Å². The van der Waals surface area contributed by atoms with E-state index in [-0.39, 0.29) is 0 Å². The number of alkyl halides is 1. The van der Waals surface area contributed by atoms with Gasteiger partial charge in [0.25, 0.3) is 0 Å². The summed E-state index contributed by atoms with van der Waals surface area (Å²) in [5.41, 5.74) is 5.34. The zero-order chi connectivity index (χ0) is 17.9. The van der Waals surface area contributed by atoms with Gasteiger partial charge in [0, 0.05) is 17.8 Å². The first-order valence-corrected chi connectivity index (χ1v) is 10.9. The van der Waals surface area contributed by atoms with Gasteiger partial charge < -0.3 is 0 Å². The van der Waals surface area contributed by atoms with E-state index in [0.29, 0.717) is 16.2 Å². The van der Waals surface area contributed by atoms with E-state index in [9.17, 15) is 0 Å². The van der Waals surface area contributed by atoms with Crippen molar-refractivity contribution in [2.45, 2.75) is 64.2 Å². The normalized spacial score (nSPS) is 44.4. The number of fused-ring (bicyclic) bond motifs is 5. The van der Waals surface area contributed by atoms with Gasteiger partial charge in [0.1, 0.15) is 0 Å². The largest absolute Gasteiger partial charge is 0.264 e. The lowest BCUT2D eigenvalue weighted by atomic mass is 9.47. The Labute approximate surface area is 162 Å². The quantitative estimate of drug-likeness (QED) is 0.400. The molecule has 1 heterocycles. The summed E-state index contributed by atoms with van der Waals surface area (Å²) in [7, 11) is 0. The van der Waals surface area contributed by atoms with Crippen LogP contribution in [-0.4, -0.2) is 10.4 Å². The molecule has 2 fully saturated rings. The lowest BCUT2D eigenvalue weighted by Crippen LogP contribution is -2.49. The van der Waals surface area contributed by atoms with Crippen LogP contribution < -0.4 is 0 Å². The van der Waals surface area contributed by atoms with Crippen LogP contribution in [0.5, 0.6) is 0 Å². The highest BCUT2D eigenvalue weighted by atomic mass is 35.5. The molecule has 1 aromatic rings. The SMILES string of the molecule is C[C@]12CCC(Cl)CC1=CC[C@@H]1[C@@H]2CC[C@]2(C)C(c3cccnc3)=CC[C@@H]12. The number of rotatable bonds is 1. The highest BCUT2D eigenvalue weighted by Gasteiger charge is 2.56. The van der Waals surface area contributed by atoms with Crippen LogP contribution in [0.15, 0.2) is 42.3 Å². The van der Waals surface area contributed by atoms with E-state index in [4.69, 9.17) is 11.6 Å². The molecule has 4 aliphatic rings. The molecule has 0 N–H and O–H groups in total. The van der Waals surface area contributed by atoms with Crippen LogP contribution in [0, 0.1) is 28.6 Å². The topological polar surface area (TPSA) is 12.9 Å². The van der Waals surface area contributed by atoms with Crippen molar-refractivity contribution in [3.63, 3.8) is 0 Å². The molecule has 0 bridgehead atoms. The lowest BCUT2D eigenvalue weighted by Gasteiger charge is -2.57. The minimum absolute atomic E-state index is 0.329. The highest BCUT2D eigenvalue weighted by Crippen LogP contribution is 2.66. The molecule has 0 aliphatic heterocycles. The Morgan fingerprint density at radius 3 is 2.69 bits per heavy atom. The number of halogens is 1. The Morgan fingerprint density at radius 2 is 1.88 bits per heavy atom. The maximum atomic E-state index is 6.52. The first-order valence-electron chi connectivity index (χ1n) is 10.5. The second kappa shape index (κ2) is 5.96. The monoisotopic (exact) mass is 367 g/mol. The van der Waals surface area contributed by atoms with E-state index in [2.05, 4.69) is 49.3 Å².